The van der Waals surface area contributed by atoms with Crippen molar-refractivity contribution < 1.29 is 19.0 Å². The van der Waals surface area contributed by atoms with Crippen LogP contribution in [0.5, 0.6) is 11.5 Å². The van der Waals surface area contributed by atoms with Crippen LogP contribution in [0.1, 0.15) is 37.9 Å². The van der Waals surface area contributed by atoms with Crippen LogP contribution in [-0.4, -0.2) is 30.9 Å². The molecule has 2 aromatic carbocycles. The summed E-state index contributed by atoms with van der Waals surface area (Å²) >= 11 is 1.29. The van der Waals surface area contributed by atoms with Crippen molar-refractivity contribution in [2.75, 3.05) is 20.3 Å². The van der Waals surface area contributed by atoms with Gasteiger partial charge in [-0.2, -0.15) is 0 Å². The summed E-state index contributed by atoms with van der Waals surface area (Å²) in [5, 5.41) is 0. The van der Waals surface area contributed by atoms with Gasteiger partial charge in [0, 0.05) is 5.56 Å². The van der Waals surface area contributed by atoms with Gasteiger partial charge < -0.3 is 14.2 Å². The van der Waals surface area contributed by atoms with Gasteiger partial charge in [0.2, 0.25) is 0 Å². The maximum Gasteiger partial charge on any atom is 0.338 e. The first-order chi connectivity index (χ1) is 16.5. The number of nitrogens with zero attached hydrogens (tertiary/aromatic N) is 2. The van der Waals surface area contributed by atoms with Crippen molar-refractivity contribution in [3.63, 3.8) is 0 Å². The first-order valence-corrected chi connectivity index (χ1v) is 11.9. The SMILES string of the molecule is CCOC(=O)C1=C(C)N=c2s/c(=C\c3ccc(OC)cc3)c(=O)n2[C@@H]1c1ccccc1OCC. The summed E-state index contributed by atoms with van der Waals surface area (Å²) in [5.74, 6) is 0.849. The highest BCUT2D eigenvalue weighted by Crippen LogP contribution is 2.35. The van der Waals surface area contributed by atoms with E-state index in [0.29, 0.717) is 38.5 Å². The molecule has 8 heteroatoms. The largest absolute Gasteiger partial charge is 0.497 e. The lowest BCUT2D eigenvalue weighted by atomic mass is 9.95. The molecule has 0 radical (unpaired) electrons. The molecule has 1 aromatic heterocycles. The molecule has 0 bridgehead atoms. The van der Waals surface area contributed by atoms with Crippen LogP contribution in [0, 0.1) is 0 Å². The van der Waals surface area contributed by atoms with Crippen molar-refractivity contribution in [1.82, 2.24) is 4.57 Å². The number of benzene rings is 2. The lowest BCUT2D eigenvalue weighted by molar-refractivity contribution is -0.139. The second kappa shape index (κ2) is 10.1. The molecule has 34 heavy (non-hydrogen) atoms. The van der Waals surface area contributed by atoms with Crippen LogP contribution >= 0.6 is 11.3 Å². The zero-order valence-corrected chi connectivity index (χ0v) is 20.3. The number of carbonyl (C=O) groups excluding carboxylic acids is 1. The van der Waals surface area contributed by atoms with E-state index >= 15 is 0 Å². The predicted octanol–water partition coefficient (Wildman–Crippen LogP) is 3.21. The zero-order chi connectivity index (χ0) is 24.2. The molecule has 1 aliphatic rings. The van der Waals surface area contributed by atoms with E-state index in [1.54, 1.807) is 25.5 Å². The summed E-state index contributed by atoms with van der Waals surface area (Å²) in [5.41, 5.74) is 2.19. The molecule has 176 valence electrons. The molecule has 0 spiro atoms. The second-order valence-electron chi connectivity index (χ2n) is 7.55. The minimum atomic E-state index is -0.712. The fourth-order valence-corrected chi connectivity index (χ4v) is 4.98. The van der Waals surface area contributed by atoms with Crippen LogP contribution in [0.4, 0.5) is 0 Å². The molecular formula is C26H26N2O5S. The fraction of sp³-hybridized carbons (Fsp3) is 0.269. The number of carbonyl (C=O) groups is 1. The first-order valence-electron chi connectivity index (χ1n) is 11.0. The van der Waals surface area contributed by atoms with Crippen LogP contribution in [0.25, 0.3) is 6.08 Å². The smallest absolute Gasteiger partial charge is 0.338 e. The number of methoxy groups -OCH3 is 1. The van der Waals surface area contributed by atoms with E-state index in [4.69, 9.17) is 14.2 Å². The monoisotopic (exact) mass is 478 g/mol. The number of rotatable bonds is 7. The molecular weight excluding hydrogens is 452 g/mol. The van der Waals surface area contributed by atoms with Gasteiger partial charge >= 0.3 is 5.97 Å². The van der Waals surface area contributed by atoms with Crippen LogP contribution in [0.2, 0.25) is 0 Å². The number of aromatic nitrogens is 1. The fourth-order valence-electron chi connectivity index (χ4n) is 3.93. The van der Waals surface area contributed by atoms with Crippen LogP contribution in [0.15, 0.2) is 69.6 Å². The van der Waals surface area contributed by atoms with Gasteiger partial charge in [-0.15, -0.1) is 0 Å². The lowest BCUT2D eigenvalue weighted by Gasteiger charge is -2.26. The average Bonchev–Trinajstić information content (AvgIpc) is 3.14. The summed E-state index contributed by atoms with van der Waals surface area (Å²) in [6, 6.07) is 14.2. The van der Waals surface area contributed by atoms with Crippen LogP contribution in [0.3, 0.4) is 0 Å². The van der Waals surface area contributed by atoms with Gasteiger partial charge in [0.1, 0.15) is 17.5 Å². The van der Waals surface area contributed by atoms with Gasteiger partial charge in [0.05, 0.1) is 36.1 Å². The van der Waals surface area contributed by atoms with Gasteiger partial charge in [0.25, 0.3) is 5.56 Å². The number of esters is 1. The van der Waals surface area contributed by atoms with Gasteiger partial charge in [0.15, 0.2) is 4.80 Å². The van der Waals surface area contributed by atoms with Crippen molar-refractivity contribution in [2.45, 2.75) is 26.8 Å². The van der Waals surface area contributed by atoms with E-state index in [1.165, 1.54) is 11.3 Å². The third-order valence-corrected chi connectivity index (χ3v) is 6.43. The molecule has 0 unspecified atom stereocenters. The maximum atomic E-state index is 13.7. The van der Waals surface area contributed by atoms with Gasteiger partial charge in [-0.3, -0.25) is 9.36 Å². The molecule has 0 saturated heterocycles. The number of allylic oxidation sites excluding steroid dienone is 1. The highest BCUT2D eigenvalue weighted by Gasteiger charge is 2.35. The minimum absolute atomic E-state index is 0.220. The standard InChI is InChI=1S/C26H26N2O5S/c1-5-32-20-10-8-7-9-19(20)23-22(25(30)33-6-2)16(3)27-26-28(23)24(29)21(34-26)15-17-11-13-18(31-4)14-12-17/h7-15,23H,5-6H2,1-4H3/b21-15-/t23-/m1/s1. The predicted molar refractivity (Wildman–Crippen MR) is 131 cm³/mol. The Bertz CT molecular complexity index is 1420. The van der Waals surface area contributed by atoms with Crippen molar-refractivity contribution in [3.8, 4) is 11.5 Å². The molecule has 4 rings (SSSR count). The summed E-state index contributed by atoms with van der Waals surface area (Å²) in [7, 11) is 1.61. The number of thiazole rings is 1. The Kier molecular flexibility index (Phi) is 6.98. The van der Waals surface area contributed by atoms with Crippen molar-refractivity contribution in [3.05, 3.63) is 90.6 Å². The average molecular weight is 479 g/mol. The Morgan fingerprint density at radius 2 is 1.85 bits per heavy atom. The Morgan fingerprint density at radius 1 is 1.12 bits per heavy atom. The Labute approximate surface area is 201 Å². The first kappa shape index (κ1) is 23.5. The molecule has 7 nitrogen and oxygen atoms in total. The Morgan fingerprint density at radius 3 is 2.53 bits per heavy atom. The van der Waals surface area contributed by atoms with E-state index < -0.39 is 12.0 Å². The number of ether oxygens (including phenoxy) is 3. The van der Waals surface area contributed by atoms with E-state index in [-0.39, 0.29) is 12.2 Å². The van der Waals surface area contributed by atoms with Crippen molar-refractivity contribution in [2.24, 2.45) is 4.99 Å². The molecule has 2 heterocycles. The number of hydrogen-bond donors (Lipinski definition) is 0. The highest BCUT2D eigenvalue weighted by atomic mass is 32.1. The van der Waals surface area contributed by atoms with Crippen LogP contribution < -0.4 is 24.4 Å². The van der Waals surface area contributed by atoms with Crippen LogP contribution in [-0.2, 0) is 9.53 Å². The lowest BCUT2D eigenvalue weighted by Crippen LogP contribution is -2.40. The molecule has 0 amide bonds. The third kappa shape index (κ3) is 4.41. The van der Waals surface area contributed by atoms with Gasteiger partial charge in [-0.25, -0.2) is 9.79 Å². The van der Waals surface area contributed by atoms with Crippen molar-refractivity contribution >= 4 is 23.4 Å². The number of fused-ring (bicyclic) bond motifs is 1. The van der Waals surface area contributed by atoms with E-state index in [2.05, 4.69) is 4.99 Å². The Hall–Kier alpha value is -3.65. The molecule has 0 saturated carbocycles. The van der Waals surface area contributed by atoms with Crippen molar-refractivity contribution in [1.29, 1.82) is 0 Å². The topological polar surface area (TPSA) is 79.1 Å². The maximum absolute atomic E-state index is 13.7. The van der Waals surface area contributed by atoms with Gasteiger partial charge in [-0.1, -0.05) is 41.7 Å². The summed E-state index contributed by atoms with van der Waals surface area (Å²) in [4.78, 5) is 31.8. The molecule has 0 aliphatic carbocycles. The van der Waals surface area contributed by atoms with E-state index in [1.807, 2.05) is 61.5 Å². The molecule has 3 aromatic rings. The minimum Gasteiger partial charge on any atom is -0.497 e. The molecule has 1 aliphatic heterocycles. The molecule has 0 N–H and O–H groups in total. The number of hydrogen-bond acceptors (Lipinski definition) is 7. The normalized spacial score (nSPS) is 15.5. The third-order valence-electron chi connectivity index (χ3n) is 5.44. The molecule has 0 fully saturated rings. The number of para-hydroxylation sites is 1. The van der Waals surface area contributed by atoms with E-state index in [9.17, 15) is 9.59 Å². The summed E-state index contributed by atoms with van der Waals surface area (Å²) in [6.45, 7) is 6.08. The quantitative estimate of drug-likeness (QED) is 0.488. The highest BCUT2D eigenvalue weighted by molar-refractivity contribution is 7.07. The van der Waals surface area contributed by atoms with Gasteiger partial charge in [-0.05, 0) is 50.6 Å². The Balaban J connectivity index is 1.95. The second-order valence-corrected chi connectivity index (χ2v) is 8.56. The van der Waals surface area contributed by atoms with E-state index in [0.717, 1.165) is 11.3 Å². The summed E-state index contributed by atoms with van der Waals surface area (Å²) < 4.78 is 18.5. The molecule has 1 atom stereocenters. The zero-order valence-electron chi connectivity index (χ0n) is 19.5. The summed E-state index contributed by atoms with van der Waals surface area (Å²) in [6.07, 6.45) is 1.82.